The van der Waals surface area contributed by atoms with Crippen molar-refractivity contribution in [2.24, 2.45) is 5.92 Å². The second kappa shape index (κ2) is 19.8. The maximum absolute atomic E-state index is 10.4. The lowest BCUT2D eigenvalue weighted by molar-refractivity contribution is -0.137. The number of hydrogen-bond acceptors (Lipinski definition) is 1. The average Bonchev–Trinajstić information content (AvgIpc) is 2.58. The Bertz CT molecular complexity index is 275. The Hall–Kier alpha value is -0.530. The van der Waals surface area contributed by atoms with Crippen LogP contribution in [0.1, 0.15) is 136 Å². The quantitative estimate of drug-likeness (QED) is 0.224. The van der Waals surface area contributed by atoms with Gasteiger partial charge >= 0.3 is 5.97 Å². The molecule has 1 unspecified atom stereocenters. The van der Waals surface area contributed by atoms with Crippen molar-refractivity contribution in [2.75, 3.05) is 0 Å². The molecule has 0 aromatic heterocycles. The van der Waals surface area contributed by atoms with Crippen molar-refractivity contribution in [1.29, 1.82) is 0 Å². The van der Waals surface area contributed by atoms with E-state index in [1.54, 1.807) is 0 Å². The van der Waals surface area contributed by atoms with E-state index >= 15 is 0 Å². The molecule has 0 rings (SSSR count). The van der Waals surface area contributed by atoms with Gasteiger partial charge in [-0.1, -0.05) is 123 Å². The molecule has 0 spiro atoms. The van der Waals surface area contributed by atoms with E-state index in [9.17, 15) is 4.79 Å². The van der Waals surface area contributed by atoms with Gasteiger partial charge in [-0.15, -0.1) is 0 Å². The second-order valence-electron chi connectivity index (χ2n) is 8.13. The van der Waals surface area contributed by atoms with Crippen LogP contribution in [0.3, 0.4) is 0 Å². The number of hydrogen-bond donors (Lipinski definition) is 1. The Kier molecular flexibility index (Phi) is 19.4. The Morgan fingerprint density at radius 3 is 1.40 bits per heavy atom. The molecule has 0 aromatic carbocycles. The summed E-state index contributed by atoms with van der Waals surface area (Å²) >= 11 is 0. The number of rotatable bonds is 20. The van der Waals surface area contributed by atoms with Gasteiger partial charge in [-0.3, -0.25) is 4.79 Å². The molecule has 0 saturated heterocycles. The van der Waals surface area contributed by atoms with Crippen LogP contribution in [0.4, 0.5) is 0 Å². The van der Waals surface area contributed by atoms with Gasteiger partial charge in [0, 0.05) is 6.42 Å². The molecule has 0 aliphatic rings. The zero-order valence-electron chi connectivity index (χ0n) is 17.4. The summed E-state index contributed by atoms with van der Waals surface area (Å²) in [6.45, 7) is 4.73. The molecule has 0 aromatic rings. The summed E-state index contributed by atoms with van der Waals surface area (Å²) in [5.41, 5.74) is 0. The van der Waals surface area contributed by atoms with Crippen LogP contribution >= 0.6 is 0 Å². The number of carboxylic acids is 1. The third-order valence-corrected chi connectivity index (χ3v) is 5.39. The van der Waals surface area contributed by atoms with Gasteiger partial charge in [-0.25, -0.2) is 0 Å². The van der Waals surface area contributed by atoms with Gasteiger partial charge in [0.15, 0.2) is 0 Å². The van der Waals surface area contributed by atoms with Crippen LogP contribution in [-0.2, 0) is 4.79 Å². The fourth-order valence-corrected chi connectivity index (χ4v) is 3.60. The van der Waals surface area contributed by atoms with Crippen molar-refractivity contribution in [3.05, 3.63) is 0 Å². The van der Waals surface area contributed by atoms with Gasteiger partial charge in [-0.2, -0.15) is 0 Å². The van der Waals surface area contributed by atoms with E-state index in [2.05, 4.69) is 13.8 Å². The standard InChI is InChI=1S/C23H46O2/c1-3-4-5-13-16-19-22(2)20-17-14-11-9-7-6-8-10-12-15-18-21-23(24)25/h22H,3-21H2,1-2H3,(H,24,25). The van der Waals surface area contributed by atoms with Gasteiger partial charge in [0.1, 0.15) is 0 Å². The summed E-state index contributed by atoms with van der Waals surface area (Å²) in [6, 6.07) is 0. The number of aliphatic carboxylic acids is 1. The Morgan fingerprint density at radius 2 is 1.00 bits per heavy atom. The number of carbonyl (C=O) groups is 1. The Labute approximate surface area is 158 Å². The first-order chi connectivity index (χ1) is 12.2. The van der Waals surface area contributed by atoms with Crippen molar-refractivity contribution >= 4 is 5.97 Å². The zero-order chi connectivity index (χ0) is 18.6. The Morgan fingerprint density at radius 1 is 0.640 bits per heavy atom. The SMILES string of the molecule is CCCCCCCC(C)CCCCCCCCCCCCCC(=O)O. The first-order valence-electron chi connectivity index (χ1n) is 11.4. The molecule has 0 amide bonds. The fraction of sp³-hybridized carbons (Fsp3) is 0.957. The Balaban J connectivity index is 3.11. The molecule has 1 N–H and O–H groups in total. The van der Waals surface area contributed by atoms with E-state index in [-0.39, 0.29) is 0 Å². The lowest BCUT2D eigenvalue weighted by atomic mass is 9.96. The lowest BCUT2D eigenvalue weighted by Gasteiger charge is -2.11. The van der Waals surface area contributed by atoms with Crippen LogP contribution in [0, 0.1) is 5.92 Å². The lowest BCUT2D eigenvalue weighted by Crippen LogP contribution is -1.95. The fourth-order valence-electron chi connectivity index (χ4n) is 3.60. The normalized spacial score (nSPS) is 12.4. The molecule has 1 atom stereocenters. The van der Waals surface area contributed by atoms with E-state index in [0.717, 1.165) is 18.8 Å². The minimum absolute atomic E-state index is 0.345. The zero-order valence-corrected chi connectivity index (χ0v) is 17.4. The second-order valence-corrected chi connectivity index (χ2v) is 8.13. The van der Waals surface area contributed by atoms with Gasteiger partial charge in [0.05, 0.1) is 0 Å². The molecule has 0 aliphatic heterocycles. The molecule has 2 heteroatoms. The minimum Gasteiger partial charge on any atom is -0.481 e. The van der Waals surface area contributed by atoms with Gasteiger partial charge < -0.3 is 5.11 Å². The molecule has 0 bridgehead atoms. The summed E-state index contributed by atoms with van der Waals surface area (Å²) in [5.74, 6) is 0.282. The van der Waals surface area contributed by atoms with Crippen LogP contribution < -0.4 is 0 Å². The van der Waals surface area contributed by atoms with Gasteiger partial charge in [0.25, 0.3) is 0 Å². The van der Waals surface area contributed by atoms with Crippen molar-refractivity contribution in [1.82, 2.24) is 0 Å². The summed E-state index contributed by atoms with van der Waals surface area (Å²) in [7, 11) is 0. The summed E-state index contributed by atoms with van der Waals surface area (Å²) in [6.07, 6.45) is 24.5. The highest BCUT2D eigenvalue weighted by molar-refractivity contribution is 5.66. The third-order valence-electron chi connectivity index (χ3n) is 5.39. The highest BCUT2D eigenvalue weighted by Crippen LogP contribution is 2.18. The van der Waals surface area contributed by atoms with E-state index in [4.69, 9.17) is 5.11 Å². The molecule has 0 radical (unpaired) electrons. The first kappa shape index (κ1) is 24.5. The number of unbranched alkanes of at least 4 members (excludes halogenated alkanes) is 14. The first-order valence-corrected chi connectivity index (χ1v) is 11.4. The largest absolute Gasteiger partial charge is 0.481 e. The van der Waals surface area contributed by atoms with Crippen LogP contribution in [0.15, 0.2) is 0 Å². The van der Waals surface area contributed by atoms with Crippen molar-refractivity contribution in [3.63, 3.8) is 0 Å². The van der Waals surface area contributed by atoms with Crippen molar-refractivity contribution in [3.8, 4) is 0 Å². The van der Waals surface area contributed by atoms with E-state index < -0.39 is 5.97 Å². The van der Waals surface area contributed by atoms with E-state index in [1.807, 2.05) is 0 Å². The molecule has 0 aliphatic carbocycles. The van der Waals surface area contributed by atoms with E-state index in [1.165, 1.54) is 103 Å². The third kappa shape index (κ3) is 21.4. The average molecular weight is 355 g/mol. The van der Waals surface area contributed by atoms with Crippen molar-refractivity contribution in [2.45, 2.75) is 136 Å². The van der Waals surface area contributed by atoms with Crippen LogP contribution in [0.5, 0.6) is 0 Å². The number of carboxylic acid groups (broad SMARTS) is 1. The van der Waals surface area contributed by atoms with Crippen LogP contribution in [-0.4, -0.2) is 11.1 Å². The maximum atomic E-state index is 10.4. The van der Waals surface area contributed by atoms with Crippen LogP contribution in [0.2, 0.25) is 0 Å². The summed E-state index contributed by atoms with van der Waals surface area (Å²) in [5, 5.41) is 8.57. The predicted octanol–water partition coefficient (Wildman–Crippen LogP) is 8.14. The molecular formula is C23H46O2. The molecule has 0 saturated carbocycles. The molecule has 25 heavy (non-hydrogen) atoms. The smallest absolute Gasteiger partial charge is 0.303 e. The summed E-state index contributed by atoms with van der Waals surface area (Å²) in [4.78, 5) is 10.4. The monoisotopic (exact) mass is 354 g/mol. The van der Waals surface area contributed by atoms with Gasteiger partial charge in [0.2, 0.25) is 0 Å². The van der Waals surface area contributed by atoms with Crippen LogP contribution in [0.25, 0.3) is 0 Å². The maximum Gasteiger partial charge on any atom is 0.303 e. The minimum atomic E-state index is -0.652. The highest BCUT2D eigenvalue weighted by Gasteiger charge is 2.02. The topological polar surface area (TPSA) is 37.3 Å². The molecule has 0 heterocycles. The predicted molar refractivity (Wildman–Crippen MR) is 110 cm³/mol. The highest BCUT2D eigenvalue weighted by atomic mass is 16.4. The van der Waals surface area contributed by atoms with Gasteiger partial charge in [-0.05, 0) is 12.3 Å². The van der Waals surface area contributed by atoms with E-state index in [0.29, 0.717) is 6.42 Å². The molecule has 150 valence electrons. The molecular weight excluding hydrogens is 308 g/mol. The molecule has 2 nitrogen and oxygen atoms in total. The molecule has 0 fully saturated rings. The van der Waals surface area contributed by atoms with Crippen molar-refractivity contribution < 1.29 is 9.90 Å². The summed E-state index contributed by atoms with van der Waals surface area (Å²) < 4.78 is 0.